The van der Waals surface area contributed by atoms with E-state index in [0.717, 1.165) is 24.3 Å². The standard InChI is InChI=1S/C7H4ClF3O2S.C6H3ClF2O2S/c8-14(12,13)6-3-1-5(2-4-6)7(9,10)11;7-12(10,11)6-2-1-4(8)3-5(6)9/h1-4H;1-3H. The van der Waals surface area contributed by atoms with Gasteiger partial charge in [0.1, 0.15) is 16.5 Å². The van der Waals surface area contributed by atoms with Gasteiger partial charge in [0.05, 0.1) is 10.5 Å². The molecule has 0 radical (unpaired) electrons. The van der Waals surface area contributed by atoms with Crippen LogP contribution in [-0.2, 0) is 24.3 Å². The van der Waals surface area contributed by atoms with Crippen LogP contribution in [-0.4, -0.2) is 16.8 Å². The van der Waals surface area contributed by atoms with Gasteiger partial charge in [-0.1, -0.05) is 0 Å². The van der Waals surface area contributed by atoms with Gasteiger partial charge in [-0.25, -0.2) is 25.6 Å². The number of hydrogen-bond acceptors (Lipinski definition) is 4. The van der Waals surface area contributed by atoms with Gasteiger partial charge in [-0.15, -0.1) is 0 Å². The fraction of sp³-hybridized carbons (Fsp3) is 0.0769. The summed E-state index contributed by atoms with van der Waals surface area (Å²) in [6.45, 7) is 0. The number of alkyl halides is 3. The zero-order chi connectivity index (χ0) is 20.3. The Labute approximate surface area is 154 Å². The second-order valence-corrected chi connectivity index (χ2v) is 9.57. The van der Waals surface area contributed by atoms with E-state index < -0.39 is 46.4 Å². The summed E-state index contributed by atoms with van der Waals surface area (Å²) in [5.74, 6) is -2.04. The van der Waals surface area contributed by atoms with Crippen LogP contribution in [0.3, 0.4) is 0 Å². The lowest BCUT2D eigenvalue weighted by atomic mass is 10.2. The monoisotopic (exact) mass is 456 g/mol. The average molecular weight is 457 g/mol. The van der Waals surface area contributed by atoms with E-state index in [1.165, 1.54) is 0 Å². The molecule has 0 fully saturated rings. The lowest BCUT2D eigenvalue weighted by Crippen LogP contribution is -2.04. The Balaban J connectivity index is 0.000000263. The Morgan fingerprint density at radius 1 is 0.769 bits per heavy atom. The van der Waals surface area contributed by atoms with Crippen molar-refractivity contribution in [3.8, 4) is 0 Å². The highest BCUT2D eigenvalue weighted by Crippen LogP contribution is 2.30. The van der Waals surface area contributed by atoms with E-state index in [4.69, 9.17) is 21.4 Å². The summed E-state index contributed by atoms with van der Waals surface area (Å²) in [5, 5.41) is 0. The summed E-state index contributed by atoms with van der Waals surface area (Å²) in [7, 11) is 1.66. The van der Waals surface area contributed by atoms with Gasteiger partial charge >= 0.3 is 6.18 Å². The van der Waals surface area contributed by atoms with E-state index in [0.29, 0.717) is 18.2 Å². The zero-order valence-electron chi connectivity index (χ0n) is 12.1. The highest BCUT2D eigenvalue weighted by molar-refractivity contribution is 8.14. The molecule has 144 valence electrons. The molecule has 26 heavy (non-hydrogen) atoms. The molecule has 2 aromatic carbocycles. The van der Waals surface area contributed by atoms with Crippen molar-refractivity contribution in [3.63, 3.8) is 0 Å². The molecule has 0 saturated carbocycles. The van der Waals surface area contributed by atoms with Gasteiger partial charge in [-0.2, -0.15) is 13.2 Å². The van der Waals surface area contributed by atoms with Crippen LogP contribution in [0, 0.1) is 11.6 Å². The Hall–Kier alpha value is -1.43. The van der Waals surface area contributed by atoms with Gasteiger partial charge < -0.3 is 0 Å². The highest BCUT2D eigenvalue weighted by atomic mass is 35.7. The lowest BCUT2D eigenvalue weighted by molar-refractivity contribution is -0.137. The average Bonchev–Trinajstić information content (AvgIpc) is 2.44. The third-order valence-corrected chi connectivity index (χ3v) is 5.34. The largest absolute Gasteiger partial charge is 0.416 e. The Morgan fingerprint density at radius 3 is 1.62 bits per heavy atom. The number of benzene rings is 2. The number of hydrogen-bond donors (Lipinski definition) is 0. The summed E-state index contributed by atoms with van der Waals surface area (Å²) in [6.07, 6.45) is -4.48. The van der Waals surface area contributed by atoms with E-state index >= 15 is 0 Å². The Bertz CT molecular complexity index is 988. The topological polar surface area (TPSA) is 68.3 Å². The van der Waals surface area contributed by atoms with Crippen molar-refractivity contribution in [2.24, 2.45) is 0 Å². The van der Waals surface area contributed by atoms with Crippen LogP contribution >= 0.6 is 21.4 Å². The maximum atomic E-state index is 12.6. The molecule has 0 aliphatic heterocycles. The molecule has 2 aromatic rings. The van der Waals surface area contributed by atoms with Crippen molar-refractivity contribution in [2.75, 3.05) is 0 Å². The highest BCUT2D eigenvalue weighted by Gasteiger charge is 2.30. The molecular formula is C13H7Cl2F5O4S2. The Kier molecular flexibility index (Phi) is 7.02. The van der Waals surface area contributed by atoms with Crippen molar-refractivity contribution < 1.29 is 38.8 Å². The van der Waals surface area contributed by atoms with Crippen molar-refractivity contribution in [1.82, 2.24) is 0 Å². The molecule has 0 aromatic heterocycles. The number of halogens is 7. The molecule has 0 amide bonds. The van der Waals surface area contributed by atoms with Crippen LogP contribution < -0.4 is 0 Å². The van der Waals surface area contributed by atoms with Crippen molar-refractivity contribution >= 4 is 39.5 Å². The maximum Gasteiger partial charge on any atom is 0.416 e. The first-order chi connectivity index (χ1) is 11.6. The molecule has 13 heteroatoms. The predicted octanol–water partition coefficient (Wildman–Crippen LogP) is 4.53. The molecule has 0 atom stereocenters. The molecule has 4 nitrogen and oxygen atoms in total. The number of rotatable bonds is 2. The van der Waals surface area contributed by atoms with Gasteiger partial charge in [-0.05, 0) is 36.4 Å². The van der Waals surface area contributed by atoms with Gasteiger partial charge in [0.15, 0.2) is 0 Å². The predicted molar refractivity (Wildman–Crippen MR) is 83.9 cm³/mol. The van der Waals surface area contributed by atoms with E-state index in [2.05, 4.69) is 0 Å². The van der Waals surface area contributed by atoms with Crippen LogP contribution in [0.4, 0.5) is 22.0 Å². The fourth-order valence-corrected chi connectivity index (χ4v) is 3.15. The smallest absolute Gasteiger partial charge is 0.207 e. The van der Waals surface area contributed by atoms with Gasteiger partial charge in [0, 0.05) is 27.4 Å². The summed E-state index contributed by atoms with van der Waals surface area (Å²) < 4.78 is 103. The van der Waals surface area contributed by atoms with Gasteiger partial charge in [-0.3, -0.25) is 0 Å². The molecule has 0 heterocycles. The fourth-order valence-electron chi connectivity index (χ4n) is 1.48. The minimum Gasteiger partial charge on any atom is -0.207 e. The normalized spacial score (nSPS) is 12.3. The second kappa shape index (κ2) is 8.07. The molecule has 2 rings (SSSR count). The molecular weight excluding hydrogens is 450 g/mol. The van der Waals surface area contributed by atoms with E-state index in [-0.39, 0.29) is 4.90 Å². The maximum absolute atomic E-state index is 12.6. The van der Waals surface area contributed by atoms with E-state index in [1.54, 1.807) is 0 Å². The third kappa shape index (κ3) is 6.71. The first-order valence-corrected chi connectivity index (χ1v) is 10.8. The summed E-state index contributed by atoms with van der Waals surface area (Å²) in [4.78, 5) is -1.07. The SMILES string of the molecule is O=S(=O)(Cl)c1ccc(C(F)(F)F)cc1.O=S(=O)(Cl)c1ccc(F)cc1F. The first kappa shape index (κ1) is 22.6. The molecule has 0 aliphatic carbocycles. The summed E-state index contributed by atoms with van der Waals surface area (Å²) in [5.41, 5.74) is -0.915. The molecule has 0 N–H and O–H groups in total. The van der Waals surface area contributed by atoms with Crippen LogP contribution in [0.15, 0.2) is 52.3 Å². The van der Waals surface area contributed by atoms with Crippen LogP contribution in [0.25, 0.3) is 0 Å². The molecule has 0 spiro atoms. The van der Waals surface area contributed by atoms with Crippen molar-refractivity contribution in [1.29, 1.82) is 0 Å². The lowest BCUT2D eigenvalue weighted by Gasteiger charge is -2.05. The van der Waals surface area contributed by atoms with Crippen LogP contribution in [0.1, 0.15) is 5.56 Å². The first-order valence-electron chi connectivity index (χ1n) is 6.14. The van der Waals surface area contributed by atoms with Crippen LogP contribution in [0.5, 0.6) is 0 Å². The van der Waals surface area contributed by atoms with Crippen molar-refractivity contribution in [2.45, 2.75) is 16.0 Å². The molecule has 0 aliphatic rings. The molecule has 0 unspecified atom stereocenters. The minimum atomic E-state index is -4.48. The quantitative estimate of drug-likeness (QED) is 0.491. The molecule has 0 bridgehead atoms. The van der Waals surface area contributed by atoms with E-state index in [1.807, 2.05) is 0 Å². The minimum absolute atomic E-state index is 0.354. The van der Waals surface area contributed by atoms with Crippen molar-refractivity contribution in [3.05, 3.63) is 59.7 Å². The third-order valence-electron chi connectivity index (χ3n) is 2.62. The van der Waals surface area contributed by atoms with Gasteiger partial charge in [0.25, 0.3) is 18.1 Å². The summed E-state index contributed by atoms with van der Waals surface area (Å²) in [6, 6.07) is 4.99. The van der Waals surface area contributed by atoms with Crippen LogP contribution in [0.2, 0.25) is 0 Å². The summed E-state index contributed by atoms with van der Waals surface area (Å²) >= 11 is 0. The van der Waals surface area contributed by atoms with E-state index in [9.17, 15) is 38.8 Å². The molecule has 0 saturated heterocycles. The zero-order valence-corrected chi connectivity index (χ0v) is 15.3. The Morgan fingerprint density at radius 2 is 1.27 bits per heavy atom. The van der Waals surface area contributed by atoms with Gasteiger partial charge in [0.2, 0.25) is 0 Å². The second-order valence-electron chi connectivity index (χ2n) is 4.47.